The number of rotatable bonds is 6. The number of methoxy groups -OCH3 is 1. The fourth-order valence-corrected chi connectivity index (χ4v) is 1.69. The first kappa shape index (κ1) is 14.2. The number of aromatic nitrogens is 2. The van der Waals surface area contributed by atoms with Gasteiger partial charge in [-0.2, -0.15) is 5.10 Å². The van der Waals surface area contributed by atoms with Gasteiger partial charge < -0.3 is 10.1 Å². The Bertz CT molecular complexity index is 420. The summed E-state index contributed by atoms with van der Waals surface area (Å²) in [4.78, 5) is 11.9. The van der Waals surface area contributed by atoms with Gasteiger partial charge in [-0.15, -0.1) is 0 Å². The van der Waals surface area contributed by atoms with Crippen LogP contribution in [0.4, 0.5) is 5.69 Å². The molecule has 0 aromatic carbocycles. The Morgan fingerprint density at radius 3 is 2.94 bits per heavy atom. The molecule has 96 valence electrons. The highest BCUT2D eigenvalue weighted by Gasteiger charge is 2.09. The third-order valence-corrected chi connectivity index (χ3v) is 3.27. The monoisotopic (exact) mass is 303 g/mol. The minimum atomic E-state index is -0.143. The molecule has 1 aromatic rings. The number of anilines is 1. The number of halogens is 1. The van der Waals surface area contributed by atoms with E-state index in [4.69, 9.17) is 4.74 Å². The van der Waals surface area contributed by atoms with E-state index in [1.165, 1.54) is 4.68 Å². The smallest absolute Gasteiger partial charge is 0.283 e. The lowest BCUT2D eigenvalue weighted by atomic mass is 10.2. The number of ether oxygens (including phenoxy) is 1. The highest BCUT2D eigenvalue weighted by atomic mass is 79.9. The van der Waals surface area contributed by atoms with Gasteiger partial charge in [-0.05, 0) is 29.3 Å². The standard InChI is InChI=1S/C11H18BrN3O2/c1-4-8(2)14-9-7-13-15(5-6-17-3)11(16)10(9)12/h7-8,14H,4-6H2,1-3H3. The molecule has 1 atom stereocenters. The maximum atomic E-state index is 11.9. The summed E-state index contributed by atoms with van der Waals surface area (Å²) < 4.78 is 6.82. The van der Waals surface area contributed by atoms with Crippen LogP contribution >= 0.6 is 15.9 Å². The van der Waals surface area contributed by atoms with Crippen LogP contribution < -0.4 is 10.9 Å². The van der Waals surface area contributed by atoms with E-state index in [-0.39, 0.29) is 5.56 Å². The minimum Gasteiger partial charge on any atom is -0.383 e. The van der Waals surface area contributed by atoms with Crippen LogP contribution in [0.1, 0.15) is 20.3 Å². The molecule has 17 heavy (non-hydrogen) atoms. The number of nitrogens with one attached hydrogen (secondary N) is 1. The summed E-state index contributed by atoms with van der Waals surface area (Å²) >= 11 is 3.30. The topological polar surface area (TPSA) is 56.1 Å². The highest BCUT2D eigenvalue weighted by Crippen LogP contribution is 2.17. The fraction of sp³-hybridized carbons (Fsp3) is 0.636. The molecular formula is C11H18BrN3O2. The summed E-state index contributed by atoms with van der Waals surface area (Å²) in [5.41, 5.74) is 0.591. The Morgan fingerprint density at radius 2 is 2.35 bits per heavy atom. The summed E-state index contributed by atoms with van der Waals surface area (Å²) in [5, 5.41) is 7.33. The summed E-state index contributed by atoms with van der Waals surface area (Å²) in [5.74, 6) is 0. The summed E-state index contributed by atoms with van der Waals surface area (Å²) in [6, 6.07) is 0.308. The summed E-state index contributed by atoms with van der Waals surface area (Å²) in [6.07, 6.45) is 2.65. The van der Waals surface area contributed by atoms with Crippen molar-refractivity contribution < 1.29 is 4.74 Å². The lowest BCUT2D eigenvalue weighted by Crippen LogP contribution is -2.27. The predicted octanol–water partition coefficient (Wildman–Crippen LogP) is 1.86. The van der Waals surface area contributed by atoms with E-state index < -0.39 is 0 Å². The molecule has 0 saturated heterocycles. The molecule has 0 amide bonds. The summed E-state index contributed by atoms with van der Waals surface area (Å²) in [7, 11) is 1.60. The van der Waals surface area contributed by atoms with Gasteiger partial charge in [0.05, 0.1) is 25.0 Å². The van der Waals surface area contributed by atoms with Gasteiger partial charge in [0.1, 0.15) is 4.47 Å². The van der Waals surface area contributed by atoms with Gasteiger partial charge in [0.2, 0.25) is 0 Å². The van der Waals surface area contributed by atoms with E-state index in [1.807, 2.05) is 0 Å². The Kier molecular flexibility index (Phi) is 5.64. The van der Waals surface area contributed by atoms with Crippen LogP contribution in [0.5, 0.6) is 0 Å². The minimum absolute atomic E-state index is 0.143. The molecule has 0 radical (unpaired) electrons. The van der Waals surface area contributed by atoms with Crippen LogP contribution in [-0.4, -0.2) is 29.5 Å². The van der Waals surface area contributed by atoms with Crippen molar-refractivity contribution in [1.82, 2.24) is 9.78 Å². The number of hydrogen-bond donors (Lipinski definition) is 1. The van der Waals surface area contributed by atoms with Gasteiger partial charge in [0, 0.05) is 13.2 Å². The number of hydrogen-bond acceptors (Lipinski definition) is 4. The molecule has 0 aliphatic heterocycles. The van der Waals surface area contributed by atoms with E-state index >= 15 is 0 Å². The normalized spacial score (nSPS) is 12.5. The van der Waals surface area contributed by atoms with E-state index in [2.05, 4.69) is 40.2 Å². The van der Waals surface area contributed by atoms with E-state index in [0.717, 1.165) is 12.1 Å². The van der Waals surface area contributed by atoms with Gasteiger partial charge >= 0.3 is 0 Å². The van der Waals surface area contributed by atoms with Crippen molar-refractivity contribution in [3.05, 3.63) is 21.0 Å². The first-order valence-corrected chi connectivity index (χ1v) is 6.40. The predicted molar refractivity (Wildman–Crippen MR) is 71.4 cm³/mol. The van der Waals surface area contributed by atoms with Crippen molar-refractivity contribution in [2.75, 3.05) is 19.0 Å². The average molecular weight is 304 g/mol. The second-order valence-electron chi connectivity index (χ2n) is 3.85. The van der Waals surface area contributed by atoms with Crippen molar-refractivity contribution in [2.24, 2.45) is 0 Å². The molecular weight excluding hydrogens is 286 g/mol. The van der Waals surface area contributed by atoms with Gasteiger partial charge in [0.25, 0.3) is 5.56 Å². The molecule has 1 rings (SSSR count). The van der Waals surface area contributed by atoms with Gasteiger partial charge in [-0.3, -0.25) is 4.79 Å². The van der Waals surface area contributed by atoms with E-state index in [1.54, 1.807) is 13.3 Å². The molecule has 1 unspecified atom stereocenters. The zero-order chi connectivity index (χ0) is 12.8. The van der Waals surface area contributed by atoms with Crippen LogP contribution in [-0.2, 0) is 11.3 Å². The molecule has 1 aromatic heterocycles. The van der Waals surface area contributed by atoms with Gasteiger partial charge in [-0.1, -0.05) is 6.92 Å². The van der Waals surface area contributed by atoms with Crippen LogP contribution in [0.3, 0.4) is 0 Å². The largest absolute Gasteiger partial charge is 0.383 e. The van der Waals surface area contributed by atoms with Crippen molar-refractivity contribution in [3.63, 3.8) is 0 Å². The highest BCUT2D eigenvalue weighted by molar-refractivity contribution is 9.10. The Labute approximate surface area is 109 Å². The van der Waals surface area contributed by atoms with Gasteiger partial charge in [0.15, 0.2) is 0 Å². The zero-order valence-electron chi connectivity index (χ0n) is 10.4. The number of nitrogens with zero attached hydrogens (tertiary/aromatic N) is 2. The molecule has 0 fully saturated rings. The van der Waals surface area contributed by atoms with Crippen molar-refractivity contribution >= 4 is 21.6 Å². The second kappa shape index (κ2) is 6.76. The third kappa shape index (κ3) is 3.81. The van der Waals surface area contributed by atoms with E-state index in [0.29, 0.717) is 23.7 Å². The quantitative estimate of drug-likeness (QED) is 0.871. The third-order valence-electron chi connectivity index (χ3n) is 2.51. The first-order valence-electron chi connectivity index (χ1n) is 5.61. The molecule has 0 aliphatic rings. The Hall–Kier alpha value is -0.880. The molecule has 5 nitrogen and oxygen atoms in total. The molecule has 0 spiro atoms. The first-order chi connectivity index (χ1) is 8.10. The van der Waals surface area contributed by atoms with Crippen molar-refractivity contribution in [1.29, 1.82) is 0 Å². The van der Waals surface area contributed by atoms with E-state index in [9.17, 15) is 4.79 Å². The van der Waals surface area contributed by atoms with Crippen LogP contribution in [0.15, 0.2) is 15.5 Å². The second-order valence-corrected chi connectivity index (χ2v) is 4.64. The van der Waals surface area contributed by atoms with Crippen LogP contribution in [0.25, 0.3) is 0 Å². The van der Waals surface area contributed by atoms with Crippen molar-refractivity contribution in [2.45, 2.75) is 32.9 Å². The molecule has 1 N–H and O–H groups in total. The Morgan fingerprint density at radius 1 is 1.65 bits per heavy atom. The average Bonchev–Trinajstić information content (AvgIpc) is 2.34. The van der Waals surface area contributed by atoms with Crippen LogP contribution in [0, 0.1) is 0 Å². The molecule has 0 saturated carbocycles. The Balaban J connectivity index is 2.90. The molecule has 6 heteroatoms. The van der Waals surface area contributed by atoms with Gasteiger partial charge in [-0.25, -0.2) is 4.68 Å². The fourth-order valence-electron chi connectivity index (χ4n) is 1.27. The molecule has 1 heterocycles. The lowest BCUT2D eigenvalue weighted by Gasteiger charge is -2.14. The molecule has 0 aliphatic carbocycles. The lowest BCUT2D eigenvalue weighted by molar-refractivity contribution is 0.181. The zero-order valence-corrected chi connectivity index (χ0v) is 12.0. The maximum absolute atomic E-state index is 11.9. The van der Waals surface area contributed by atoms with Crippen LogP contribution in [0.2, 0.25) is 0 Å². The maximum Gasteiger partial charge on any atom is 0.283 e. The SMILES string of the molecule is CCC(C)Nc1cnn(CCOC)c(=O)c1Br. The summed E-state index contributed by atoms with van der Waals surface area (Å²) in [6.45, 7) is 5.07. The molecule has 0 bridgehead atoms. The van der Waals surface area contributed by atoms with Crippen molar-refractivity contribution in [3.8, 4) is 0 Å².